The van der Waals surface area contributed by atoms with Gasteiger partial charge in [-0.2, -0.15) is 0 Å². The third-order valence-corrected chi connectivity index (χ3v) is 3.85. The van der Waals surface area contributed by atoms with Crippen molar-refractivity contribution < 1.29 is 4.39 Å². The van der Waals surface area contributed by atoms with Crippen LogP contribution in [0.4, 0.5) is 4.39 Å². The third kappa shape index (κ3) is 4.40. The minimum atomic E-state index is -0.183. The summed E-state index contributed by atoms with van der Waals surface area (Å²) in [5.41, 5.74) is 1.21. The largest absolute Gasteiger partial charge is 0.314 e. The number of halogens is 2. The van der Waals surface area contributed by atoms with Crippen LogP contribution in [0.25, 0.3) is 0 Å². The number of benzene rings is 1. The topological polar surface area (TPSA) is 12.0 Å². The van der Waals surface area contributed by atoms with E-state index in [0.29, 0.717) is 10.4 Å². The first-order valence-corrected chi connectivity index (χ1v) is 7.12. The van der Waals surface area contributed by atoms with E-state index in [-0.39, 0.29) is 5.82 Å². The van der Waals surface area contributed by atoms with E-state index in [2.05, 4.69) is 28.2 Å². The van der Waals surface area contributed by atoms with Gasteiger partial charge in [-0.25, -0.2) is 4.39 Å². The lowest BCUT2D eigenvalue weighted by atomic mass is 10.0. The average Bonchev–Trinajstić information content (AvgIpc) is 3.12. The van der Waals surface area contributed by atoms with Crippen molar-refractivity contribution in [1.29, 1.82) is 0 Å². The Balaban J connectivity index is 1.73. The SMILES string of the molecule is CC(CCc1ccc(F)c(Br)c1)CNC1CC1. The van der Waals surface area contributed by atoms with Crippen LogP contribution in [0, 0.1) is 11.7 Å². The van der Waals surface area contributed by atoms with E-state index in [9.17, 15) is 4.39 Å². The molecule has 0 aromatic heterocycles. The van der Waals surface area contributed by atoms with E-state index in [4.69, 9.17) is 0 Å². The summed E-state index contributed by atoms with van der Waals surface area (Å²) in [6, 6.07) is 6.08. The predicted molar refractivity (Wildman–Crippen MR) is 72.6 cm³/mol. The highest BCUT2D eigenvalue weighted by atomic mass is 79.9. The Bertz CT molecular complexity index is 376. The maximum atomic E-state index is 13.1. The van der Waals surface area contributed by atoms with Crippen LogP contribution in [-0.2, 0) is 6.42 Å². The molecule has 0 radical (unpaired) electrons. The van der Waals surface area contributed by atoms with Gasteiger partial charge in [0.2, 0.25) is 0 Å². The fourth-order valence-electron chi connectivity index (χ4n) is 1.87. The number of hydrogen-bond donors (Lipinski definition) is 1. The fraction of sp³-hybridized carbons (Fsp3) is 0.571. The molecule has 1 aliphatic rings. The van der Waals surface area contributed by atoms with Gasteiger partial charge < -0.3 is 5.32 Å². The molecule has 0 bridgehead atoms. The van der Waals surface area contributed by atoms with Gasteiger partial charge in [0.1, 0.15) is 5.82 Å². The lowest BCUT2D eigenvalue weighted by molar-refractivity contribution is 0.479. The van der Waals surface area contributed by atoms with Crippen molar-refractivity contribution >= 4 is 15.9 Å². The van der Waals surface area contributed by atoms with Crippen LogP contribution in [-0.4, -0.2) is 12.6 Å². The van der Waals surface area contributed by atoms with Crippen LogP contribution in [0.2, 0.25) is 0 Å². The smallest absolute Gasteiger partial charge is 0.137 e. The monoisotopic (exact) mass is 299 g/mol. The Morgan fingerprint density at radius 3 is 2.88 bits per heavy atom. The summed E-state index contributed by atoms with van der Waals surface area (Å²) in [5.74, 6) is 0.497. The Morgan fingerprint density at radius 1 is 1.47 bits per heavy atom. The zero-order chi connectivity index (χ0) is 12.3. The molecule has 1 aromatic rings. The van der Waals surface area contributed by atoms with Gasteiger partial charge in [0.25, 0.3) is 0 Å². The van der Waals surface area contributed by atoms with Gasteiger partial charge >= 0.3 is 0 Å². The molecule has 17 heavy (non-hydrogen) atoms. The molecule has 94 valence electrons. The fourth-order valence-corrected chi connectivity index (χ4v) is 2.29. The van der Waals surface area contributed by atoms with Crippen LogP contribution in [0.15, 0.2) is 22.7 Å². The van der Waals surface area contributed by atoms with Gasteiger partial charge in [-0.3, -0.25) is 0 Å². The maximum absolute atomic E-state index is 13.1. The highest BCUT2D eigenvalue weighted by Gasteiger charge is 2.20. The van der Waals surface area contributed by atoms with Crippen molar-refractivity contribution in [2.45, 2.75) is 38.6 Å². The van der Waals surface area contributed by atoms with Crippen molar-refractivity contribution in [2.24, 2.45) is 5.92 Å². The van der Waals surface area contributed by atoms with Crippen molar-refractivity contribution in [3.63, 3.8) is 0 Å². The molecule has 3 heteroatoms. The van der Waals surface area contributed by atoms with Crippen molar-refractivity contribution in [3.8, 4) is 0 Å². The molecule has 0 amide bonds. The van der Waals surface area contributed by atoms with Gasteiger partial charge in [-0.05, 0) is 71.8 Å². The molecule has 1 nitrogen and oxygen atoms in total. The molecular formula is C14H19BrFN. The van der Waals surface area contributed by atoms with E-state index in [1.165, 1.54) is 24.5 Å². The molecule has 0 heterocycles. The lowest BCUT2D eigenvalue weighted by Crippen LogP contribution is -2.23. The second-order valence-electron chi connectivity index (χ2n) is 5.07. The minimum Gasteiger partial charge on any atom is -0.314 e. The molecule has 1 aliphatic carbocycles. The molecule has 1 aromatic carbocycles. The van der Waals surface area contributed by atoms with Gasteiger partial charge in [-0.15, -0.1) is 0 Å². The second kappa shape index (κ2) is 5.96. The molecular weight excluding hydrogens is 281 g/mol. The number of aryl methyl sites for hydroxylation is 1. The Labute approximate surface area is 111 Å². The van der Waals surface area contributed by atoms with Crippen LogP contribution >= 0.6 is 15.9 Å². The molecule has 0 spiro atoms. The van der Waals surface area contributed by atoms with Crippen LogP contribution < -0.4 is 5.32 Å². The normalized spacial score (nSPS) is 17.1. The van der Waals surface area contributed by atoms with Crippen LogP contribution in [0.3, 0.4) is 0 Å². The molecule has 1 atom stereocenters. The summed E-state index contributed by atoms with van der Waals surface area (Å²) in [6.07, 6.45) is 4.86. The number of nitrogens with one attached hydrogen (secondary N) is 1. The first-order valence-electron chi connectivity index (χ1n) is 6.32. The van der Waals surface area contributed by atoms with Crippen molar-refractivity contribution in [1.82, 2.24) is 5.32 Å². The Kier molecular flexibility index (Phi) is 4.57. The zero-order valence-electron chi connectivity index (χ0n) is 10.2. The van der Waals surface area contributed by atoms with Gasteiger partial charge in [0.05, 0.1) is 4.47 Å². The van der Waals surface area contributed by atoms with Gasteiger partial charge in [0.15, 0.2) is 0 Å². The molecule has 0 saturated heterocycles. The van der Waals surface area contributed by atoms with Crippen LogP contribution in [0.5, 0.6) is 0 Å². The third-order valence-electron chi connectivity index (χ3n) is 3.24. The molecule has 0 aliphatic heterocycles. The molecule has 1 unspecified atom stereocenters. The molecule has 1 saturated carbocycles. The average molecular weight is 300 g/mol. The van der Waals surface area contributed by atoms with Crippen molar-refractivity contribution in [2.75, 3.05) is 6.54 Å². The number of rotatable bonds is 6. The van der Waals surface area contributed by atoms with Gasteiger partial charge in [-0.1, -0.05) is 13.0 Å². The summed E-state index contributed by atoms with van der Waals surface area (Å²) in [6.45, 7) is 3.38. The lowest BCUT2D eigenvalue weighted by Gasteiger charge is -2.12. The minimum absolute atomic E-state index is 0.183. The van der Waals surface area contributed by atoms with E-state index < -0.39 is 0 Å². The highest BCUT2D eigenvalue weighted by Crippen LogP contribution is 2.21. The molecule has 2 rings (SSSR count). The maximum Gasteiger partial charge on any atom is 0.137 e. The van der Waals surface area contributed by atoms with E-state index in [0.717, 1.165) is 25.4 Å². The number of hydrogen-bond acceptors (Lipinski definition) is 1. The van der Waals surface area contributed by atoms with Gasteiger partial charge in [0, 0.05) is 6.04 Å². The zero-order valence-corrected chi connectivity index (χ0v) is 11.8. The summed E-state index contributed by atoms with van der Waals surface area (Å²) < 4.78 is 13.6. The van der Waals surface area contributed by atoms with E-state index in [1.807, 2.05) is 12.1 Å². The Morgan fingerprint density at radius 2 is 2.24 bits per heavy atom. The highest BCUT2D eigenvalue weighted by molar-refractivity contribution is 9.10. The summed E-state index contributed by atoms with van der Waals surface area (Å²) >= 11 is 3.22. The Hall–Kier alpha value is -0.410. The summed E-state index contributed by atoms with van der Waals surface area (Å²) in [4.78, 5) is 0. The first-order chi connectivity index (χ1) is 8.15. The second-order valence-corrected chi connectivity index (χ2v) is 5.93. The predicted octanol–water partition coefficient (Wildman–Crippen LogP) is 3.91. The van der Waals surface area contributed by atoms with E-state index in [1.54, 1.807) is 0 Å². The standard InChI is InChI=1S/C14H19BrFN/c1-10(9-17-12-5-6-12)2-3-11-4-7-14(16)13(15)8-11/h4,7-8,10,12,17H,2-3,5-6,9H2,1H3. The summed E-state index contributed by atoms with van der Waals surface area (Å²) in [7, 11) is 0. The van der Waals surface area contributed by atoms with Crippen LogP contribution in [0.1, 0.15) is 31.7 Å². The molecule has 1 fully saturated rings. The molecule has 1 N–H and O–H groups in total. The van der Waals surface area contributed by atoms with Crippen molar-refractivity contribution in [3.05, 3.63) is 34.1 Å². The summed E-state index contributed by atoms with van der Waals surface area (Å²) in [5, 5.41) is 3.54. The van der Waals surface area contributed by atoms with E-state index >= 15 is 0 Å². The quantitative estimate of drug-likeness (QED) is 0.840. The first kappa shape index (κ1) is 13.0.